The molecule has 1 heterocycles. The molecule has 106 valence electrons. The summed E-state index contributed by atoms with van der Waals surface area (Å²) < 4.78 is 11.5. The zero-order valence-electron chi connectivity index (χ0n) is 11.5. The summed E-state index contributed by atoms with van der Waals surface area (Å²) in [5.41, 5.74) is 6.56. The van der Waals surface area contributed by atoms with Gasteiger partial charge in [0, 0.05) is 23.3 Å². The number of rotatable bonds is 5. The van der Waals surface area contributed by atoms with Crippen LogP contribution in [0.4, 0.5) is 0 Å². The van der Waals surface area contributed by atoms with Gasteiger partial charge in [0.05, 0.1) is 6.10 Å². The number of hydrogen-bond donors (Lipinski definition) is 1. The fourth-order valence-corrected chi connectivity index (χ4v) is 1.85. The van der Waals surface area contributed by atoms with Crippen LogP contribution in [0.3, 0.4) is 0 Å². The standard InChI is InChI=1S/C15H17ClN2O2/c1-10(2)19-13-4-3-7-18-15(13)20-14-8-12(16)6-5-11(14)9-17/h3-8,10H,9,17H2,1-2H3. The lowest BCUT2D eigenvalue weighted by molar-refractivity contribution is 0.231. The maximum atomic E-state index is 5.99. The molecule has 1 aromatic heterocycles. The first kappa shape index (κ1) is 14.6. The van der Waals surface area contributed by atoms with Crippen LogP contribution in [0, 0.1) is 0 Å². The number of ether oxygens (including phenoxy) is 2. The van der Waals surface area contributed by atoms with Crippen molar-refractivity contribution in [2.24, 2.45) is 5.73 Å². The molecule has 0 amide bonds. The van der Waals surface area contributed by atoms with Gasteiger partial charge in [-0.1, -0.05) is 17.7 Å². The van der Waals surface area contributed by atoms with Crippen LogP contribution in [0.25, 0.3) is 0 Å². The molecule has 0 unspecified atom stereocenters. The lowest BCUT2D eigenvalue weighted by atomic mass is 10.2. The van der Waals surface area contributed by atoms with E-state index in [4.69, 9.17) is 26.8 Å². The van der Waals surface area contributed by atoms with Crippen LogP contribution in [0.5, 0.6) is 17.4 Å². The minimum atomic E-state index is 0.0369. The second-order valence-electron chi connectivity index (χ2n) is 4.53. The van der Waals surface area contributed by atoms with E-state index in [9.17, 15) is 0 Å². The highest BCUT2D eigenvalue weighted by Gasteiger charge is 2.11. The molecular weight excluding hydrogens is 276 g/mol. The van der Waals surface area contributed by atoms with E-state index >= 15 is 0 Å². The third-order valence-corrected chi connectivity index (χ3v) is 2.79. The van der Waals surface area contributed by atoms with Crippen molar-refractivity contribution in [1.82, 2.24) is 4.98 Å². The largest absolute Gasteiger partial charge is 0.485 e. The first-order chi connectivity index (χ1) is 9.60. The first-order valence-electron chi connectivity index (χ1n) is 6.38. The highest BCUT2D eigenvalue weighted by molar-refractivity contribution is 6.30. The van der Waals surface area contributed by atoms with E-state index in [2.05, 4.69) is 4.98 Å². The molecule has 20 heavy (non-hydrogen) atoms. The lowest BCUT2D eigenvalue weighted by Crippen LogP contribution is -2.07. The summed E-state index contributed by atoms with van der Waals surface area (Å²) in [6.45, 7) is 4.25. The summed E-state index contributed by atoms with van der Waals surface area (Å²) >= 11 is 5.99. The zero-order chi connectivity index (χ0) is 14.5. The zero-order valence-corrected chi connectivity index (χ0v) is 12.2. The van der Waals surface area contributed by atoms with Crippen molar-refractivity contribution < 1.29 is 9.47 Å². The Morgan fingerprint density at radius 3 is 2.75 bits per heavy atom. The number of nitrogens with two attached hydrogens (primary N) is 1. The maximum Gasteiger partial charge on any atom is 0.262 e. The first-order valence-corrected chi connectivity index (χ1v) is 6.76. The van der Waals surface area contributed by atoms with E-state index < -0.39 is 0 Å². The number of halogens is 1. The summed E-state index contributed by atoms with van der Waals surface area (Å²) in [4.78, 5) is 4.20. The summed E-state index contributed by atoms with van der Waals surface area (Å²) in [5, 5.41) is 0.583. The molecule has 0 spiro atoms. The van der Waals surface area contributed by atoms with Crippen molar-refractivity contribution in [3.8, 4) is 17.4 Å². The van der Waals surface area contributed by atoms with E-state index in [0.29, 0.717) is 28.9 Å². The van der Waals surface area contributed by atoms with Crippen molar-refractivity contribution in [3.63, 3.8) is 0 Å². The average Bonchev–Trinajstić information content (AvgIpc) is 2.41. The van der Waals surface area contributed by atoms with Gasteiger partial charge in [-0.3, -0.25) is 0 Å². The van der Waals surface area contributed by atoms with Gasteiger partial charge in [-0.25, -0.2) is 4.98 Å². The molecule has 0 aliphatic heterocycles. The molecule has 1 aromatic carbocycles. The van der Waals surface area contributed by atoms with Gasteiger partial charge in [-0.2, -0.15) is 0 Å². The maximum absolute atomic E-state index is 5.99. The third kappa shape index (κ3) is 3.62. The molecule has 2 aromatic rings. The number of nitrogens with zero attached hydrogens (tertiary/aromatic N) is 1. The fraction of sp³-hybridized carbons (Fsp3) is 0.267. The number of hydrogen-bond acceptors (Lipinski definition) is 4. The summed E-state index contributed by atoms with van der Waals surface area (Å²) in [6.07, 6.45) is 1.68. The van der Waals surface area contributed by atoms with E-state index in [1.54, 1.807) is 24.4 Å². The lowest BCUT2D eigenvalue weighted by Gasteiger charge is -2.15. The molecule has 0 radical (unpaired) electrons. The van der Waals surface area contributed by atoms with Crippen LogP contribution in [0.1, 0.15) is 19.4 Å². The molecule has 0 fully saturated rings. The Morgan fingerprint density at radius 2 is 2.05 bits per heavy atom. The molecule has 4 nitrogen and oxygen atoms in total. The van der Waals surface area contributed by atoms with Gasteiger partial charge in [0.15, 0.2) is 5.75 Å². The van der Waals surface area contributed by atoms with Crippen molar-refractivity contribution in [2.75, 3.05) is 0 Å². The fourth-order valence-electron chi connectivity index (χ4n) is 1.69. The van der Waals surface area contributed by atoms with E-state index in [-0.39, 0.29) is 6.10 Å². The van der Waals surface area contributed by atoms with Gasteiger partial charge in [0.25, 0.3) is 5.88 Å². The van der Waals surface area contributed by atoms with Crippen LogP contribution in [0.15, 0.2) is 36.5 Å². The minimum absolute atomic E-state index is 0.0369. The summed E-state index contributed by atoms with van der Waals surface area (Å²) in [7, 11) is 0. The van der Waals surface area contributed by atoms with Gasteiger partial charge in [0.2, 0.25) is 0 Å². The quantitative estimate of drug-likeness (QED) is 0.911. The van der Waals surface area contributed by atoms with Crippen LogP contribution in [-0.4, -0.2) is 11.1 Å². The Morgan fingerprint density at radius 1 is 1.25 bits per heavy atom. The molecule has 0 saturated carbocycles. The highest BCUT2D eigenvalue weighted by Crippen LogP contribution is 2.32. The van der Waals surface area contributed by atoms with E-state index in [0.717, 1.165) is 5.56 Å². The van der Waals surface area contributed by atoms with Gasteiger partial charge in [-0.05, 0) is 38.1 Å². The Kier molecular flexibility index (Phi) is 4.82. The number of benzene rings is 1. The van der Waals surface area contributed by atoms with E-state index in [1.165, 1.54) is 0 Å². The number of pyridine rings is 1. The predicted molar refractivity (Wildman–Crippen MR) is 79.4 cm³/mol. The molecule has 2 rings (SSSR count). The molecule has 0 saturated heterocycles. The Labute approximate surface area is 123 Å². The normalized spacial score (nSPS) is 10.7. The monoisotopic (exact) mass is 292 g/mol. The van der Waals surface area contributed by atoms with Crippen LogP contribution in [0.2, 0.25) is 5.02 Å². The minimum Gasteiger partial charge on any atom is -0.485 e. The smallest absolute Gasteiger partial charge is 0.262 e. The van der Waals surface area contributed by atoms with Crippen molar-refractivity contribution in [1.29, 1.82) is 0 Å². The third-order valence-electron chi connectivity index (χ3n) is 2.55. The summed E-state index contributed by atoms with van der Waals surface area (Å²) in [6, 6.07) is 8.95. The molecular formula is C15H17ClN2O2. The van der Waals surface area contributed by atoms with E-state index in [1.807, 2.05) is 26.0 Å². The van der Waals surface area contributed by atoms with Gasteiger partial charge in [-0.15, -0.1) is 0 Å². The second-order valence-corrected chi connectivity index (χ2v) is 4.97. The van der Waals surface area contributed by atoms with Gasteiger partial charge >= 0.3 is 0 Å². The van der Waals surface area contributed by atoms with Crippen LogP contribution >= 0.6 is 11.6 Å². The van der Waals surface area contributed by atoms with Crippen LogP contribution < -0.4 is 15.2 Å². The second kappa shape index (κ2) is 6.59. The van der Waals surface area contributed by atoms with Gasteiger partial charge < -0.3 is 15.2 Å². The molecule has 0 aliphatic carbocycles. The SMILES string of the molecule is CC(C)Oc1cccnc1Oc1cc(Cl)ccc1CN. The average molecular weight is 293 g/mol. The molecule has 0 atom stereocenters. The topological polar surface area (TPSA) is 57.4 Å². The highest BCUT2D eigenvalue weighted by atomic mass is 35.5. The van der Waals surface area contributed by atoms with Crippen molar-refractivity contribution in [3.05, 3.63) is 47.1 Å². The van der Waals surface area contributed by atoms with Crippen molar-refractivity contribution in [2.45, 2.75) is 26.5 Å². The molecule has 0 aliphatic rings. The molecule has 5 heteroatoms. The predicted octanol–water partition coefficient (Wildman–Crippen LogP) is 3.77. The Hall–Kier alpha value is -1.78. The van der Waals surface area contributed by atoms with Crippen molar-refractivity contribution >= 4 is 11.6 Å². The summed E-state index contributed by atoms with van der Waals surface area (Å²) in [5.74, 6) is 1.58. The van der Waals surface area contributed by atoms with Gasteiger partial charge in [0.1, 0.15) is 5.75 Å². The Bertz CT molecular complexity index is 588. The molecule has 2 N–H and O–H groups in total. The molecule has 0 bridgehead atoms. The number of aromatic nitrogens is 1. The van der Waals surface area contributed by atoms with Crippen LogP contribution in [-0.2, 0) is 6.54 Å². The Balaban J connectivity index is 2.32.